The van der Waals surface area contributed by atoms with Gasteiger partial charge in [0.15, 0.2) is 5.65 Å². The fourth-order valence-electron chi connectivity index (χ4n) is 4.12. The average Bonchev–Trinajstić information content (AvgIpc) is 3.11. The number of anilines is 1. The third-order valence-electron chi connectivity index (χ3n) is 5.79. The molecule has 33 heavy (non-hydrogen) atoms. The van der Waals surface area contributed by atoms with Crippen LogP contribution in [-0.2, 0) is 11.2 Å². The Labute approximate surface area is 194 Å². The zero-order valence-corrected chi connectivity index (χ0v) is 19.9. The van der Waals surface area contributed by atoms with E-state index in [4.69, 9.17) is 14.8 Å². The van der Waals surface area contributed by atoms with E-state index in [9.17, 15) is 4.79 Å². The Hall–Kier alpha value is -3.67. The van der Waals surface area contributed by atoms with Crippen LogP contribution in [0.3, 0.4) is 0 Å². The van der Waals surface area contributed by atoms with Crippen molar-refractivity contribution in [1.82, 2.24) is 14.8 Å². The minimum absolute atomic E-state index is 0.0343. The molecule has 1 N–H and O–H groups in total. The molecule has 0 saturated carbocycles. The Morgan fingerprint density at radius 3 is 2.48 bits per heavy atom. The molecule has 0 aliphatic heterocycles. The van der Waals surface area contributed by atoms with E-state index < -0.39 is 0 Å². The van der Waals surface area contributed by atoms with Crippen LogP contribution in [-0.4, -0.2) is 27.3 Å². The summed E-state index contributed by atoms with van der Waals surface area (Å²) in [5, 5.41) is 8.76. The highest BCUT2D eigenvalue weighted by molar-refractivity contribution is 5.91. The molecule has 0 fully saturated rings. The van der Waals surface area contributed by atoms with Crippen molar-refractivity contribution in [3.8, 4) is 11.6 Å². The Morgan fingerprint density at radius 1 is 1.03 bits per heavy atom. The summed E-state index contributed by atoms with van der Waals surface area (Å²) in [4.78, 5) is 17.5. The third-order valence-corrected chi connectivity index (χ3v) is 5.79. The van der Waals surface area contributed by atoms with Crippen molar-refractivity contribution < 1.29 is 9.53 Å². The zero-order chi connectivity index (χ0) is 23.5. The molecule has 6 nitrogen and oxygen atoms in total. The highest BCUT2D eigenvalue weighted by atomic mass is 16.5. The summed E-state index contributed by atoms with van der Waals surface area (Å²) in [6, 6.07) is 16.0. The van der Waals surface area contributed by atoms with Crippen LogP contribution in [0.25, 0.3) is 16.7 Å². The first kappa shape index (κ1) is 22.5. The van der Waals surface area contributed by atoms with Gasteiger partial charge in [0, 0.05) is 23.1 Å². The van der Waals surface area contributed by atoms with Crippen molar-refractivity contribution >= 4 is 22.6 Å². The SMILES string of the molecule is CCOc1nc2c(c(C)nn2-c2cccc(C)c2)c(C)c1CCC(=O)Nc1ccc(C)cc1. The van der Waals surface area contributed by atoms with Gasteiger partial charge in [-0.15, -0.1) is 0 Å². The number of ether oxygens (including phenoxy) is 1. The number of aryl methyl sites for hydroxylation is 4. The second-order valence-electron chi connectivity index (χ2n) is 8.40. The molecule has 0 unspecified atom stereocenters. The number of carbonyl (C=O) groups excluding carboxylic acids is 1. The molecule has 2 aromatic carbocycles. The molecule has 0 radical (unpaired) electrons. The summed E-state index contributed by atoms with van der Waals surface area (Å²) in [5.41, 5.74) is 7.77. The van der Waals surface area contributed by atoms with E-state index in [2.05, 4.69) is 31.3 Å². The molecule has 170 valence electrons. The maximum atomic E-state index is 12.6. The molecule has 0 atom stereocenters. The number of hydrogen-bond acceptors (Lipinski definition) is 4. The number of benzene rings is 2. The number of pyridine rings is 1. The molecule has 4 aromatic rings. The number of amides is 1. The lowest BCUT2D eigenvalue weighted by atomic mass is 10.0. The molecule has 0 aliphatic rings. The number of aromatic nitrogens is 3. The number of fused-ring (bicyclic) bond motifs is 1. The van der Waals surface area contributed by atoms with E-state index in [1.54, 1.807) is 0 Å². The molecular formula is C27H30N4O2. The van der Waals surface area contributed by atoms with Gasteiger partial charge in [-0.1, -0.05) is 29.8 Å². The summed E-state index contributed by atoms with van der Waals surface area (Å²) in [6.07, 6.45) is 0.879. The molecule has 2 heterocycles. The van der Waals surface area contributed by atoms with Crippen LogP contribution >= 0.6 is 0 Å². The van der Waals surface area contributed by atoms with Crippen molar-refractivity contribution in [2.45, 2.75) is 47.5 Å². The predicted molar refractivity (Wildman–Crippen MR) is 132 cm³/mol. The largest absolute Gasteiger partial charge is 0.478 e. The van der Waals surface area contributed by atoms with Gasteiger partial charge < -0.3 is 10.1 Å². The monoisotopic (exact) mass is 442 g/mol. The third kappa shape index (κ3) is 4.75. The van der Waals surface area contributed by atoms with Crippen molar-refractivity contribution in [3.05, 3.63) is 76.5 Å². The Morgan fingerprint density at radius 2 is 1.79 bits per heavy atom. The minimum atomic E-state index is -0.0343. The molecule has 0 aliphatic carbocycles. The minimum Gasteiger partial charge on any atom is -0.478 e. The number of nitrogens with zero attached hydrogens (tertiary/aromatic N) is 3. The van der Waals surface area contributed by atoms with Crippen LogP contribution in [0.15, 0.2) is 48.5 Å². The van der Waals surface area contributed by atoms with Gasteiger partial charge in [-0.2, -0.15) is 10.1 Å². The summed E-state index contributed by atoms with van der Waals surface area (Å²) in [7, 11) is 0. The molecule has 0 saturated heterocycles. The maximum Gasteiger partial charge on any atom is 0.224 e. The smallest absolute Gasteiger partial charge is 0.224 e. The zero-order valence-electron chi connectivity index (χ0n) is 19.9. The lowest BCUT2D eigenvalue weighted by molar-refractivity contribution is -0.116. The lowest BCUT2D eigenvalue weighted by Gasteiger charge is -2.14. The second kappa shape index (κ2) is 9.45. The molecule has 1 amide bonds. The van der Waals surface area contributed by atoms with Crippen LogP contribution in [0.2, 0.25) is 0 Å². The number of nitrogens with one attached hydrogen (secondary N) is 1. The molecular weight excluding hydrogens is 412 g/mol. The highest BCUT2D eigenvalue weighted by Gasteiger charge is 2.20. The summed E-state index contributed by atoms with van der Waals surface area (Å²) < 4.78 is 7.81. The van der Waals surface area contributed by atoms with Crippen molar-refractivity contribution in [1.29, 1.82) is 0 Å². The van der Waals surface area contributed by atoms with Crippen LogP contribution in [0.5, 0.6) is 5.88 Å². The fourth-order valence-corrected chi connectivity index (χ4v) is 4.12. The Kier molecular flexibility index (Phi) is 6.45. The number of hydrogen-bond donors (Lipinski definition) is 1. The van der Waals surface area contributed by atoms with E-state index in [1.807, 2.05) is 61.9 Å². The lowest BCUT2D eigenvalue weighted by Crippen LogP contribution is -2.13. The summed E-state index contributed by atoms with van der Waals surface area (Å²) >= 11 is 0. The van der Waals surface area contributed by atoms with Crippen molar-refractivity contribution in [2.24, 2.45) is 0 Å². The first-order valence-electron chi connectivity index (χ1n) is 11.3. The highest BCUT2D eigenvalue weighted by Crippen LogP contribution is 2.32. The first-order chi connectivity index (χ1) is 15.9. The first-order valence-corrected chi connectivity index (χ1v) is 11.3. The normalized spacial score (nSPS) is 11.1. The van der Waals surface area contributed by atoms with Gasteiger partial charge in [0.05, 0.1) is 18.0 Å². The van der Waals surface area contributed by atoms with E-state index in [-0.39, 0.29) is 5.91 Å². The van der Waals surface area contributed by atoms with Gasteiger partial charge in [0.2, 0.25) is 11.8 Å². The average molecular weight is 443 g/mol. The molecule has 2 aromatic heterocycles. The van der Waals surface area contributed by atoms with E-state index in [0.29, 0.717) is 25.3 Å². The van der Waals surface area contributed by atoms with Gasteiger partial charge >= 0.3 is 0 Å². The Bertz CT molecular complexity index is 1310. The topological polar surface area (TPSA) is 69.0 Å². The quantitative estimate of drug-likeness (QED) is 0.403. The van der Waals surface area contributed by atoms with Crippen molar-refractivity contribution in [2.75, 3.05) is 11.9 Å². The molecule has 4 rings (SSSR count). The fraction of sp³-hybridized carbons (Fsp3) is 0.296. The van der Waals surface area contributed by atoms with Crippen LogP contribution < -0.4 is 10.1 Å². The van der Waals surface area contributed by atoms with Gasteiger partial charge in [-0.3, -0.25) is 4.79 Å². The van der Waals surface area contributed by atoms with Gasteiger partial charge in [0.1, 0.15) is 0 Å². The van der Waals surface area contributed by atoms with Gasteiger partial charge in [0.25, 0.3) is 0 Å². The predicted octanol–water partition coefficient (Wildman–Crippen LogP) is 5.62. The van der Waals surface area contributed by atoms with Crippen LogP contribution in [0.1, 0.15) is 41.3 Å². The van der Waals surface area contributed by atoms with E-state index in [0.717, 1.165) is 50.4 Å². The Balaban J connectivity index is 1.67. The maximum absolute atomic E-state index is 12.6. The van der Waals surface area contributed by atoms with Crippen LogP contribution in [0, 0.1) is 27.7 Å². The molecule has 0 bridgehead atoms. The second-order valence-corrected chi connectivity index (χ2v) is 8.40. The van der Waals surface area contributed by atoms with E-state index in [1.165, 1.54) is 0 Å². The number of rotatable bonds is 7. The summed E-state index contributed by atoms with van der Waals surface area (Å²) in [6.45, 7) is 10.6. The van der Waals surface area contributed by atoms with Gasteiger partial charge in [-0.05, 0) is 76.4 Å². The van der Waals surface area contributed by atoms with Crippen LogP contribution in [0.4, 0.5) is 5.69 Å². The number of carbonyl (C=O) groups is 1. The summed E-state index contributed by atoms with van der Waals surface area (Å²) in [5.74, 6) is 0.535. The van der Waals surface area contributed by atoms with Crippen molar-refractivity contribution in [3.63, 3.8) is 0 Å². The standard InChI is InChI=1S/C27H30N4O2/c1-6-33-27-23(14-15-24(32)28-21-12-10-17(2)11-13-21)19(4)25-20(5)30-31(26(25)29-27)22-9-7-8-18(3)16-22/h7-13,16H,6,14-15H2,1-5H3,(H,28,32). The molecule has 0 spiro atoms. The van der Waals surface area contributed by atoms with Gasteiger partial charge in [-0.25, -0.2) is 4.68 Å². The van der Waals surface area contributed by atoms with E-state index >= 15 is 0 Å². The molecule has 6 heteroatoms.